The Morgan fingerprint density at radius 2 is 1.87 bits per heavy atom. The summed E-state index contributed by atoms with van der Waals surface area (Å²) in [6.07, 6.45) is 2.06. The smallest absolute Gasteiger partial charge is 0.219 e. The maximum absolute atomic E-state index is 6.20. The van der Waals surface area contributed by atoms with Gasteiger partial charge in [0.05, 0.1) is 11.0 Å². The van der Waals surface area contributed by atoms with E-state index < -0.39 is 0 Å². The second kappa shape index (κ2) is 5.98. The van der Waals surface area contributed by atoms with E-state index in [4.69, 9.17) is 28.8 Å². The zero-order valence-corrected chi connectivity index (χ0v) is 15.0. The van der Waals surface area contributed by atoms with E-state index >= 15 is 0 Å². The Kier molecular flexibility index (Phi) is 4.17. The molecule has 0 aliphatic carbocycles. The fourth-order valence-corrected chi connectivity index (χ4v) is 3.30. The lowest BCUT2D eigenvalue weighted by molar-refractivity contribution is 0.794. The van der Waals surface area contributed by atoms with Crippen molar-refractivity contribution in [2.24, 2.45) is 9.98 Å². The molecule has 0 unspecified atom stereocenters. The van der Waals surface area contributed by atoms with Gasteiger partial charge in [-0.3, -0.25) is 0 Å². The molecule has 0 spiro atoms. The first-order valence-electron chi connectivity index (χ1n) is 7.33. The van der Waals surface area contributed by atoms with Crippen LogP contribution < -0.4 is 0 Å². The Morgan fingerprint density at radius 3 is 2.48 bits per heavy atom. The highest BCUT2D eigenvalue weighted by Crippen LogP contribution is 2.28. The predicted octanol–water partition coefficient (Wildman–Crippen LogP) is 4.87. The summed E-state index contributed by atoms with van der Waals surface area (Å²) in [7, 11) is 0. The number of fused-ring (bicyclic) bond motifs is 1. The van der Waals surface area contributed by atoms with Gasteiger partial charge in [-0.2, -0.15) is 0 Å². The summed E-state index contributed by atoms with van der Waals surface area (Å²) in [5.41, 5.74) is 4.85. The standard InChI is InChI=1S/C17H17ClN4S/c1-9(2)7-15-21-13-6-5-12(18)8-14(13)22(15)16-10(3)19-17(23)20-11(16)4/h5-8,16H,1-4H3. The van der Waals surface area contributed by atoms with Gasteiger partial charge in [-0.1, -0.05) is 17.2 Å². The van der Waals surface area contributed by atoms with Crippen molar-refractivity contribution < 1.29 is 0 Å². The van der Waals surface area contributed by atoms with Crippen LogP contribution in [0.4, 0.5) is 0 Å². The van der Waals surface area contributed by atoms with Gasteiger partial charge in [0.25, 0.3) is 0 Å². The quantitative estimate of drug-likeness (QED) is 0.729. The highest BCUT2D eigenvalue weighted by Gasteiger charge is 2.26. The van der Waals surface area contributed by atoms with Crippen molar-refractivity contribution in [1.29, 1.82) is 0 Å². The number of aliphatic imine (C=N–C) groups is 2. The van der Waals surface area contributed by atoms with Crippen LogP contribution in [0.5, 0.6) is 0 Å². The molecular formula is C17H17ClN4S. The van der Waals surface area contributed by atoms with Crippen molar-refractivity contribution in [2.75, 3.05) is 0 Å². The van der Waals surface area contributed by atoms with E-state index in [1.165, 1.54) is 5.57 Å². The molecule has 3 rings (SSSR count). The number of rotatable bonds is 2. The summed E-state index contributed by atoms with van der Waals surface area (Å²) in [5, 5.41) is 1.06. The highest BCUT2D eigenvalue weighted by atomic mass is 35.5. The van der Waals surface area contributed by atoms with Crippen LogP contribution >= 0.6 is 23.8 Å². The van der Waals surface area contributed by atoms with Crippen LogP contribution in [0.3, 0.4) is 0 Å². The van der Waals surface area contributed by atoms with E-state index in [0.717, 1.165) is 28.3 Å². The molecule has 6 heteroatoms. The van der Waals surface area contributed by atoms with Crippen LogP contribution in [-0.4, -0.2) is 26.1 Å². The van der Waals surface area contributed by atoms with Gasteiger partial charge in [-0.15, -0.1) is 0 Å². The number of aromatic nitrogens is 2. The number of benzene rings is 1. The largest absolute Gasteiger partial charge is 0.310 e. The zero-order chi connectivity index (χ0) is 16.7. The normalized spacial score (nSPS) is 15.6. The molecular weight excluding hydrogens is 328 g/mol. The molecule has 1 aliphatic heterocycles. The molecule has 0 saturated carbocycles. The number of nitrogens with zero attached hydrogens (tertiary/aromatic N) is 4. The van der Waals surface area contributed by atoms with E-state index in [0.29, 0.717) is 10.1 Å². The Bertz CT molecular complexity index is 879. The molecule has 0 amide bonds. The van der Waals surface area contributed by atoms with Gasteiger partial charge in [-0.25, -0.2) is 15.0 Å². The fraction of sp³-hybridized carbons (Fsp3) is 0.294. The molecule has 0 bridgehead atoms. The summed E-state index contributed by atoms with van der Waals surface area (Å²) < 4.78 is 2.13. The maximum Gasteiger partial charge on any atom is 0.219 e. The molecule has 0 fully saturated rings. The number of halogens is 1. The SMILES string of the molecule is CC(C)=Cc1nc2ccc(Cl)cc2n1C1C(C)=NC(=S)N=C1C. The predicted molar refractivity (Wildman–Crippen MR) is 102 cm³/mol. The number of imidazole rings is 1. The summed E-state index contributed by atoms with van der Waals surface area (Å²) in [5.74, 6) is 0.865. The van der Waals surface area contributed by atoms with Crippen LogP contribution in [-0.2, 0) is 0 Å². The first kappa shape index (κ1) is 16.0. The Morgan fingerprint density at radius 1 is 1.22 bits per heavy atom. The lowest BCUT2D eigenvalue weighted by Gasteiger charge is -2.24. The maximum atomic E-state index is 6.20. The summed E-state index contributed by atoms with van der Waals surface area (Å²) in [6, 6.07) is 5.62. The van der Waals surface area contributed by atoms with E-state index in [9.17, 15) is 0 Å². The lowest BCUT2D eigenvalue weighted by Crippen LogP contribution is -2.29. The molecule has 0 atom stereocenters. The summed E-state index contributed by atoms with van der Waals surface area (Å²) in [4.78, 5) is 13.5. The molecule has 23 heavy (non-hydrogen) atoms. The molecule has 1 aromatic carbocycles. The van der Waals surface area contributed by atoms with Gasteiger partial charge in [0.1, 0.15) is 11.9 Å². The highest BCUT2D eigenvalue weighted by molar-refractivity contribution is 7.80. The van der Waals surface area contributed by atoms with Gasteiger partial charge >= 0.3 is 0 Å². The van der Waals surface area contributed by atoms with E-state index in [2.05, 4.69) is 34.5 Å². The second-order valence-electron chi connectivity index (χ2n) is 5.89. The van der Waals surface area contributed by atoms with E-state index in [1.54, 1.807) is 0 Å². The number of hydrogen-bond donors (Lipinski definition) is 0. The Hall–Kier alpha value is -1.85. The van der Waals surface area contributed by atoms with Gasteiger partial charge in [-0.05, 0) is 64.2 Å². The van der Waals surface area contributed by atoms with Crippen molar-refractivity contribution in [3.05, 3.63) is 34.6 Å². The first-order valence-corrected chi connectivity index (χ1v) is 8.12. The second-order valence-corrected chi connectivity index (χ2v) is 6.69. The molecule has 4 nitrogen and oxygen atoms in total. The molecule has 0 N–H and O–H groups in total. The van der Waals surface area contributed by atoms with Crippen molar-refractivity contribution in [3.63, 3.8) is 0 Å². The van der Waals surface area contributed by atoms with Gasteiger partial charge in [0.15, 0.2) is 0 Å². The van der Waals surface area contributed by atoms with Crippen LogP contribution in [0.15, 0.2) is 33.8 Å². The molecule has 0 radical (unpaired) electrons. The molecule has 0 saturated heterocycles. The minimum atomic E-state index is -0.101. The van der Waals surface area contributed by atoms with Crippen molar-refractivity contribution >= 4 is 57.5 Å². The lowest BCUT2D eigenvalue weighted by atomic mass is 10.1. The number of allylic oxidation sites excluding steroid dienone is 1. The Balaban J connectivity index is 2.32. The topological polar surface area (TPSA) is 42.5 Å². The van der Waals surface area contributed by atoms with E-state index in [1.807, 2.05) is 32.0 Å². The van der Waals surface area contributed by atoms with Crippen LogP contribution in [0.1, 0.15) is 39.6 Å². The monoisotopic (exact) mass is 344 g/mol. The van der Waals surface area contributed by atoms with Crippen molar-refractivity contribution in [3.8, 4) is 0 Å². The van der Waals surface area contributed by atoms with Crippen molar-refractivity contribution in [1.82, 2.24) is 9.55 Å². The van der Waals surface area contributed by atoms with E-state index in [-0.39, 0.29) is 6.04 Å². The third kappa shape index (κ3) is 2.99. The third-order valence-electron chi connectivity index (χ3n) is 3.69. The minimum Gasteiger partial charge on any atom is -0.310 e. The van der Waals surface area contributed by atoms with Crippen LogP contribution in [0, 0.1) is 0 Å². The van der Waals surface area contributed by atoms with Gasteiger partial charge < -0.3 is 4.57 Å². The zero-order valence-electron chi connectivity index (χ0n) is 13.5. The van der Waals surface area contributed by atoms with Gasteiger partial charge in [0.2, 0.25) is 5.11 Å². The first-order chi connectivity index (χ1) is 10.9. The number of hydrogen-bond acceptors (Lipinski definition) is 2. The van der Waals surface area contributed by atoms with Crippen LogP contribution in [0.2, 0.25) is 5.02 Å². The molecule has 2 heterocycles. The van der Waals surface area contributed by atoms with Crippen molar-refractivity contribution in [2.45, 2.75) is 33.7 Å². The fourth-order valence-electron chi connectivity index (χ4n) is 2.84. The Labute approximate surface area is 145 Å². The average Bonchev–Trinajstić information content (AvgIpc) is 2.75. The summed E-state index contributed by atoms with van der Waals surface area (Å²) in [6.45, 7) is 8.04. The average molecular weight is 345 g/mol. The molecule has 1 aliphatic rings. The van der Waals surface area contributed by atoms with Gasteiger partial charge in [0, 0.05) is 16.4 Å². The molecule has 1 aromatic heterocycles. The minimum absolute atomic E-state index is 0.101. The molecule has 118 valence electrons. The summed E-state index contributed by atoms with van der Waals surface area (Å²) >= 11 is 11.3. The van der Waals surface area contributed by atoms with Crippen LogP contribution in [0.25, 0.3) is 17.1 Å². The third-order valence-corrected chi connectivity index (χ3v) is 4.11. The molecule has 2 aromatic rings. The number of thiocarbonyl (C=S) groups is 1.